The Balaban J connectivity index is 1.79. The monoisotopic (exact) mass is 343 g/mol. The van der Waals surface area contributed by atoms with E-state index in [-0.39, 0.29) is 5.91 Å². The van der Waals surface area contributed by atoms with Crippen LogP contribution in [-0.2, 0) is 4.79 Å². The van der Waals surface area contributed by atoms with Gasteiger partial charge in [-0.1, -0.05) is 24.3 Å². The molecule has 1 N–H and O–H groups in total. The summed E-state index contributed by atoms with van der Waals surface area (Å²) in [5.41, 5.74) is 2.29. The van der Waals surface area contributed by atoms with Gasteiger partial charge in [0.1, 0.15) is 12.4 Å². The maximum atomic E-state index is 12.1. The lowest BCUT2D eigenvalue weighted by Crippen LogP contribution is -2.38. The van der Waals surface area contributed by atoms with Crippen LogP contribution in [0.25, 0.3) is 0 Å². The first-order chi connectivity index (χ1) is 12.0. The van der Waals surface area contributed by atoms with Crippen molar-refractivity contribution in [2.75, 3.05) is 20.3 Å². The third-order valence-electron chi connectivity index (χ3n) is 3.96. The molecule has 5 heteroatoms. The molecule has 25 heavy (non-hydrogen) atoms. The van der Waals surface area contributed by atoms with Crippen molar-refractivity contribution in [3.63, 3.8) is 0 Å². The third kappa shape index (κ3) is 5.14. The Morgan fingerprint density at radius 1 is 1.04 bits per heavy atom. The number of benzene rings is 2. The summed E-state index contributed by atoms with van der Waals surface area (Å²) in [5, 5.41) is 2.81. The van der Waals surface area contributed by atoms with Crippen LogP contribution in [0.4, 0.5) is 0 Å². The summed E-state index contributed by atoms with van der Waals surface area (Å²) >= 11 is 0. The average molecular weight is 343 g/mol. The minimum Gasteiger partial charge on any atom is -0.493 e. The Hall–Kier alpha value is -2.69. The third-order valence-corrected chi connectivity index (χ3v) is 3.96. The Kier molecular flexibility index (Phi) is 6.69. The molecule has 0 fully saturated rings. The van der Waals surface area contributed by atoms with Crippen LogP contribution >= 0.6 is 0 Å². The van der Waals surface area contributed by atoms with Gasteiger partial charge in [0.2, 0.25) is 0 Å². The Morgan fingerprint density at radius 2 is 1.72 bits per heavy atom. The van der Waals surface area contributed by atoms with E-state index >= 15 is 0 Å². The molecule has 0 heterocycles. The van der Waals surface area contributed by atoms with Gasteiger partial charge in [0, 0.05) is 0 Å². The van der Waals surface area contributed by atoms with Crippen LogP contribution in [0.3, 0.4) is 0 Å². The highest BCUT2D eigenvalue weighted by atomic mass is 16.5. The van der Waals surface area contributed by atoms with Gasteiger partial charge in [-0.15, -0.1) is 0 Å². The Labute approximate surface area is 148 Å². The van der Waals surface area contributed by atoms with E-state index in [1.807, 2.05) is 44.2 Å². The first kappa shape index (κ1) is 18.6. The summed E-state index contributed by atoms with van der Waals surface area (Å²) in [6, 6.07) is 13.2. The van der Waals surface area contributed by atoms with Gasteiger partial charge in [-0.2, -0.15) is 0 Å². The molecule has 0 aliphatic carbocycles. The number of para-hydroxylation sites is 2. The quantitative estimate of drug-likeness (QED) is 0.748. The first-order valence-corrected chi connectivity index (χ1v) is 8.29. The Bertz CT molecular complexity index is 715. The number of amides is 1. The molecule has 1 atom stereocenters. The fourth-order valence-corrected chi connectivity index (χ4v) is 2.32. The highest BCUT2D eigenvalue weighted by molar-refractivity contribution is 5.80. The number of carbonyl (C=O) groups is 1. The lowest BCUT2D eigenvalue weighted by molar-refractivity contribution is -0.127. The summed E-state index contributed by atoms with van der Waals surface area (Å²) in [5.74, 6) is 1.78. The van der Waals surface area contributed by atoms with Crippen LogP contribution in [0.5, 0.6) is 17.2 Å². The van der Waals surface area contributed by atoms with Crippen LogP contribution in [-0.4, -0.2) is 32.3 Å². The first-order valence-electron chi connectivity index (χ1n) is 8.29. The summed E-state index contributed by atoms with van der Waals surface area (Å²) in [4.78, 5) is 12.1. The largest absolute Gasteiger partial charge is 0.493 e. The highest BCUT2D eigenvalue weighted by Crippen LogP contribution is 2.26. The molecule has 0 unspecified atom stereocenters. The van der Waals surface area contributed by atoms with Gasteiger partial charge in [0.25, 0.3) is 5.91 Å². The van der Waals surface area contributed by atoms with Gasteiger partial charge in [-0.3, -0.25) is 4.79 Å². The highest BCUT2D eigenvalue weighted by Gasteiger charge is 2.16. The maximum absolute atomic E-state index is 12.1. The number of aryl methyl sites for hydroxylation is 1. The number of rotatable bonds is 8. The molecule has 2 rings (SSSR count). The molecule has 0 saturated carbocycles. The molecule has 0 radical (unpaired) electrons. The zero-order chi connectivity index (χ0) is 18.2. The Morgan fingerprint density at radius 3 is 2.44 bits per heavy atom. The van der Waals surface area contributed by atoms with Crippen molar-refractivity contribution in [1.29, 1.82) is 0 Å². The van der Waals surface area contributed by atoms with E-state index in [4.69, 9.17) is 14.2 Å². The molecule has 2 aromatic carbocycles. The van der Waals surface area contributed by atoms with Crippen molar-refractivity contribution in [2.45, 2.75) is 26.9 Å². The van der Waals surface area contributed by atoms with E-state index < -0.39 is 6.10 Å². The van der Waals surface area contributed by atoms with Crippen molar-refractivity contribution in [3.8, 4) is 17.2 Å². The second-order valence-electron chi connectivity index (χ2n) is 5.75. The number of carbonyl (C=O) groups excluding carboxylic acids is 1. The number of ether oxygens (including phenoxy) is 3. The van der Waals surface area contributed by atoms with Gasteiger partial charge in [-0.25, -0.2) is 0 Å². The van der Waals surface area contributed by atoms with Crippen molar-refractivity contribution < 1.29 is 19.0 Å². The molecular weight excluding hydrogens is 318 g/mol. The molecule has 0 aliphatic heterocycles. The fourth-order valence-electron chi connectivity index (χ4n) is 2.32. The second kappa shape index (κ2) is 8.97. The van der Waals surface area contributed by atoms with Crippen LogP contribution in [0.2, 0.25) is 0 Å². The van der Waals surface area contributed by atoms with Crippen LogP contribution in [0, 0.1) is 13.8 Å². The molecule has 0 saturated heterocycles. The van der Waals surface area contributed by atoms with E-state index in [0.717, 1.165) is 11.3 Å². The molecular formula is C20H25NO4. The summed E-state index contributed by atoms with van der Waals surface area (Å²) in [6.45, 7) is 6.57. The second-order valence-corrected chi connectivity index (χ2v) is 5.75. The molecule has 1 amide bonds. The smallest absolute Gasteiger partial charge is 0.260 e. The van der Waals surface area contributed by atoms with Crippen molar-refractivity contribution in [1.82, 2.24) is 5.32 Å². The van der Waals surface area contributed by atoms with Crippen molar-refractivity contribution >= 4 is 5.91 Å². The minimum absolute atomic E-state index is 0.199. The van der Waals surface area contributed by atoms with E-state index in [1.54, 1.807) is 26.2 Å². The predicted molar refractivity (Wildman–Crippen MR) is 97.5 cm³/mol. The van der Waals surface area contributed by atoms with Crippen LogP contribution in [0.1, 0.15) is 18.1 Å². The summed E-state index contributed by atoms with van der Waals surface area (Å²) in [6.07, 6.45) is -0.628. The van der Waals surface area contributed by atoms with Gasteiger partial charge >= 0.3 is 0 Å². The lowest BCUT2D eigenvalue weighted by atomic mass is 10.1. The number of hydrogen-bond donors (Lipinski definition) is 1. The fraction of sp³-hybridized carbons (Fsp3) is 0.350. The molecule has 5 nitrogen and oxygen atoms in total. The minimum atomic E-state index is -0.628. The molecule has 2 aromatic rings. The van der Waals surface area contributed by atoms with Gasteiger partial charge in [0.15, 0.2) is 17.6 Å². The van der Waals surface area contributed by atoms with E-state index in [0.29, 0.717) is 24.7 Å². The number of hydrogen-bond acceptors (Lipinski definition) is 4. The van der Waals surface area contributed by atoms with Gasteiger partial charge in [-0.05, 0) is 50.1 Å². The molecule has 0 aromatic heterocycles. The van der Waals surface area contributed by atoms with Crippen LogP contribution in [0.15, 0.2) is 42.5 Å². The standard InChI is InChI=1S/C20H25NO4/c1-14-8-7-11-17(15(14)2)24-13-12-21-20(22)16(3)25-19-10-6-5-9-18(19)23-4/h5-11,16H,12-13H2,1-4H3,(H,21,22)/t16-/m0/s1. The number of nitrogens with one attached hydrogen (secondary N) is 1. The number of methoxy groups -OCH3 is 1. The molecule has 0 spiro atoms. The van der Waals surface area contributed by atoms with Crippen molar-refractivity contribution in [2.24, 2.45) is 0 Å². The SMILES string of the molecule is COc1ccccc1O[C@@H](C)C(=O)NCCOc1cccc(C)c1C. The van der Waals surface area contributed by atoms with E-state index in [9.17, 15) is 4.79 Å². The van der Waals surface area contributed by atoms with Crippen LogP contribution < -0.4 is 19.5 Å². The van der Waals surface area contributed by atoms with E-state index in [2.05, 4.69) is 5.32 Å². The summed E-state index contributed by atoms with van der Waals surface area (Å²) in [7, 11) is 1.57. The van der Waals surface area contributed by atoms with Gasteiger partial charge < -0.3 is 19.5 Å². The lowest BCUT2D eigenvalue weighted by Gasteiger charge is -2.17. The van der Waals surface area contributed by atoms with Gasteiger partial charge in [0.05, 0.1) is 13.7 Å². The topological polar surface area (TPSA) is 56.8 Å². The average Bonchev–Trinajstić information content (AvgIpc) is 2.62. The zero-order valence-electron chi connectivity index (χ0n) is 15.2. The normalized spacial score (nSPS) is 11.5. The predicted octanol–water partition coefficient (Wildman–Crippen LogP) is 3.27. The summed E-state index contributed by atoms with van der Waals surface area (Å²) < 4.78 is 16.6. The molecule has 0 aliphatic rings. The molecule has 134 valence electrons. The van der Waals surface area contributed by atoms with Crippen molar-refractivity contribution in [3.05, 3.63) is 53.6 Å². The molecule has 0 bridgehead atoms. The maximum Gasteiger partial charge on any atom is 0.260 e. The zero-order valence-corrected chi connectivity index (χ0v) is 15.2. The van der Waals surface area contributed by atoms with E-state index in [1.165, 1.54) is 5.56 Å².